The summed E-state index contributed by atoms with van der Waals surface area (Å²) in [6.45, 7) is 9.64. The maximum absolute atomic E-state index is 3.66. The number of piperazine rings is 1. The van der Waals surface area contributed by atoms with Crippen molar-refractivity contribution in [1.82, 2.24) is 15.1 Å². The first-order valence-corrected chi connectivity index (χ1v) is 7.38. The van der Waals surface area contributed by atoms with Crippen molar-refractivity contribution >= 4 is 0 Å². The van der Waals surface area contributed by atoms with Gasteiger partial charge in [0.25, 0.3) is 0 Å². The third kappa shape index (κ3) is 3.43. The molecule has 2 aliphatic rings. The first-order valence-electron chi connectivity index (χ1n) is 7.38. The lowest BCUT2D eigenvalue weighted by molar-refractivity contribution is 0.0659. The number of hydrogen-bond acceptors (Lipinski definition) is 3. The number of piperidine rings is 1. The van der Waals surface area contributed by atoms with Crippen molar-refractivity contribution in [2.75, 3.05) is 33.2 Å². The van der Waals surface area contributed by atoms with E-state index in [4.69, 9.17) is 0 Å². The molecule has 100 valence electrons. The summed E-state index contributed by atoms with van der Waals surface area (Å²) >= 11 is 0. The van der Waals surface area contributed by atoms with Gasteiger partial charge in [-0.3, -0.25) is 4.90 Å². The number of hydrogen-bond donors (Lipinski definition) is 1. The summed E-state index contributed by atoms with van der Waals surface area (Å²) in [5, 5.41) is 3.66. The standard InChI is InChI=1S/C14H29N3/c1-4-5-13-11-17(9-7-15-13)14-6-8-16(3)12(2)10-14/h12-15H,4-11H2,1-3H3. The van der Waals surface area contributed by atoms with E-state index in [2.05, 4.69) is 36.0 Å². The molecule has 0 radical (unpaired) electrons. The molecule has 0 aliphatic carbocycles. The van der Waals surface area contributed by atoms with Gasteiger partial charge in [0, 0.05) is 37.8 Å². The molecule has 2 aliphatic heterocycles. The fraction of sp³-hybridized carbons (Fsp3) is 1.00. The van der Waals surface area contributed by atoms with Gasteiger partial charge < -0.3 is 10.2 Å². The molecule has 3 heteroatoms. The quantitative estimate of drug-likeness (QED) is 0.806. The Morgan fingerprint density at radius 3 is 2.82 bits per heavy atom. The lowest BCUT2D eigenvalue weighted by atomic mass is 9.96. The topological polar surface area (TPSA) is 18.5 Å². The molecule has 17 heavy (non-hydrogen) atoms. The number of rotatable bonds is 3. The molecule has 0 amide bonds. The highest BCUT2D eigenvalue weighted by Gasteiger charge is 2.30. The normalized spacial score (nSPS) is 37.2. The van der Waals surface area contributed by atoms with Crippen LogP contribution >= 0.6 is 0 Å². The second kappa shape index (κ2) is 6.17. The van der Waals surface area contributed by atoms with E-state index in [1.54, 1.807) is 0 Å². The summed E-state index contributed by atoms with van der Waals surface area (Å²) in [6, 6.07) is 2.33. The molecule has 2 rings (SSSR count). The molecule has 2 heterocycles. The smallest absolute Gasteiger partial charge is 0.0195 e. The predicted octanol–water partition coefficient (Wildman–Crippen LogP) is 1.54. The average Bonchev–Trinajstić information content (AvgIpc) is 2.33. The van der Waals surface area contributed by atoms with Gasteiger partial charge in [-0.2, -0.15) is 0 Å². The minimum Gasteiger partial charge on any atom is -0.311 e. The average molecular weight is 239 g/mol. The Balaban J connectivity index is 1.84. The van der Waals surface area contributed by atoms with Crippen molar-refractivity contribution in [3.63, 3.8) is 0 Å². The zero-order chi connectivity index (χ0) is 12.3. The number of nitrogens with zero attached hydrogens (tertiary/aromatic N) is 2. The molecule has 2 saturated heterocycles. The van der Waals surface area contributed by atoms with Gasteiger partial charge in [0.1, 0.15) is 0 Å². The Hall–Kier alpha value is -0.120. The maximum Gasteiger partial charge on any atom is 0.0195 e. The molecule has 2 fully saturated rings. The van der Waals surface area contributed by atoms with Gasteiger partial charge in [-0.05, 0) is 39.8 Å². The molecular formula is C14H29N3. The summed E-state index contributed by atoms with van der Waals surface area (Å²) in [4.78, 5) is 5.25. The monoisotopic (exact) mass is 239 g/mol. The van der Waals surface area contributed by atoms with E-state index in [9.17, 15) is 0 Å². The Kier molecular flexibility index (Phi) is 4.83. The van der Waals surface area contributed by atoms with Crippen LogP contribution in [0.5, 0.6) is 0 Å². The van der Waals surface area contributed by atoms with Crippen LogP contribution in [0.2, 0.25) is 0 Å². The van der Waals surface area contributed by atoms with Gasteiger partial charge in [0.2, 0.25) is 0 Å². The van der Waals surface area contributed by atoms with Crippen molar-refractivity contribution < 1.29 is 0 Å². The molecule has 1 N–H and O–H groups in total. The van der Waals surface area contributed by atoms with Crippen LogP contribution in [0.25, 0.3) is 0 Å². The molecule has 0 bridgehead atoms. The third-order valence-electron chi connectivity index (χ3n) is 4.62. The highest BCUT2D eigenvalue weighted by Crippen LogP contribution is 2.22. The van der Waals surface area contributed by atoms with Gasteiger partial charge in [-0.1, -0.05) is 13.3 Å². The summed E-state index contributed by atoms with van der Waals surface area (Å²) in [6.07, 6.45) is 5.35. The molecule has 0 saturated carbocycles. The fourth-order valence-electron chi connectivity index (χ4n) is 3.32. The molecule has 3 nitrogen and oxygen atoms in total. The van der Waals surface area contributed by atoms with Crippen LogP contribution in [0.4, 0.5) is 0 Å². The molecule has 0 spiro atoms. The van der Waals surface area contributed by atoms with E-state index in [-0.39, 0.29) is 0 Å². The van der Waals surface area contributed by atoms with E-state index < -0.39 is 0 Å². The molecule has 0 aromatic carbocycles. The predicted molar refractivity (Wildman–Crippen MR) is 73.4 cm³/mol. The van der Waals surface area contributed by atoms with E-state index in [1.807, 2.05) is 0 Å². The van der Waals surface area contributed by atoms with Crippen LogP contribution in [0.15, 0.2) is 0 Å². The Labute approximate surface area is 107 Å². The van der Waals surface area contributed by atoms with Crippen molar-refractivity contribution in [3.8, 4) is 0 Å². The highest BCUT2D eigenvalue weighted by atomic mass is 15.2. The largest absolute Gasteiger partial charge is 0.311 e. The van der Waals surface area contributed by atoms with Crippen LogP contribution in [0.1, 0.15) is 39.5 Å². The van der Waals surface area contributed by atoms with Gasteiger partial charge in [-0.15, -0.1) is 0 Å². The second-order valence-corrected chi connectivity index (χ2v) is 5.94. The van der Waals surface area contributed by atoms with Crippen molar-refractivity contribution in [2.45, 2.75) is 57.7 Å². The molecule has 0 aromatic rings. The van der Waals surface area contributed by atoms with E-state index in [0.29, 0.717) is 0 Å². The summed E-state index contributed by atoms with van der Waals surface area (Å²) in [5.74, 6) is 0. The molecule has 3 unspecified atom stereocenters. The maximum atomic E-state index is 3.66. The van der Waals surface area contributed by atoms with Gasteiger partial charge in [0.15, 0.2) is 0 Å². The van der Waals surface area contributed by atoms with Crippen molar-refractivity contribution in [2.24, 2.45) is 0 Å². The number of likely N-dealkylation sites (tertiary alicyclic amines) is 1. The Morgan fingerprint density at radius 1 is 1.29 bits per heavy atom. The third-order valence-corrected chi connectivity index (χ3v) is 4.62. The minimum atomic E-state index is 0.740. The first kappa shape index (κ1) is 13.3. The summed E-state index contributed by atoms with van der Waals surface area (Å²) < 4.78 is 0. The lowest BCUT2D eigenvalue weighted by Crippen LogP contribution is -2.56. The van der Waals surface area contributed by atoms with Gasteiger partial charge >= 0.3 is 0 Å². The van der Waals surface area contributed by atoms with E-state index in [1.165, 1.54) is 51.9 Å². The van der Waals surface area contributed by atoms with Crippen molar-refractivity contribution in [3.05, 3.63) is 0 Å². The minimum absolute atomic E-state index is 0.740. The Bertz CT molecular complexity index is 230. The van der Waals surface area contributed by atoms with Gasteiger partial charge in [-0.25, -0.2) is 0 Å². The van der Waals surface area contributed by atoms with Crippen LogP contribution in [-0.2, 0) is 0 Å². The van der Waals surface area contributed by atoms with Crippen LogP contribution in [0.3, 0.4) is 0 Å². The van der Waals surface area contributed by atoms with E-state index in [0.717, 1.165) is 18.1 Å². The lowest BCUT2D eigenvalue weighted by Gasteiger charge is -2.44. The SMILES string of the molecule is CCCC1CN(C2CCN(C)C(C)C2)CCN1. The van der Waals surface area contributed by atoms with Gasteiger partial charge in [0.05, 0.1) is 0 Å². The first-order chi connectivity index (χ1) is 8.20. The Morgan fingerprint density at radius 2 is 2.12 bits per heavy atom. The summed E-state index contributed by atoms with van der Waals surface area (Å²) in [7, 11) is 2.26. The summed E-state index contributed by atoms with van der Waals surface area (Å²) in [5.41, 5.74) is 0. The van der Waals surface area contributed by atoms with Crippen LogP contribution < -0.4 is 5.32 Å². The number of nitrogens with one attached hydrogen (secondary N) is 1. The zero-order valence-electron chi connectivity index (χ0n) is 11.8. The van der Waals surface area contributed by atoms with E-state index >= 15 is 0 Å². The van der Waals surface area contributed by atoms with Crippen molar-refractivity contribution in [1.29, 1.82) is 0 Å². The highest BCUT2D eigenvalue weighted by molar-refractivity contribution is 4.88. The second-order valence-electron chi connectivity index (χ2n) is 5.94. The van der Waals surface area contributed by atoms with Crippen LogP contribution in [0, 0.1) is 0 Å². The molecule has 3 atom stereocenters. The molecular weight excluding hydrogens is 210 g/mol. The fourth-order valence-corrected chi connectivity index (χ4v) is 3.32. The van der Waals surface area contributed by atoms with Crippen LogP contribution in [-0.4, -0.2) is 61.2 Å². The molecule has 0 aromatic heterocycles. The zero-order valence-corrected chi connectivity index (χ0v) is 11.8.